The fraction of sp³-hybridized carbons (Fsp3) is 0.667. The van der Waals surface area contributed by atoms with E-state index in [0.29, 0.717) is 0 Å². The molecule has 94 valence electrons. The molecule has 1 aliphatic rings. The Kier molecular flexibility index (Phi) is 2.32. The van der Waals surface area contributed by atoms with Crippen LogP contribution in [0, 0.1) is 0 Å². The number of rotatable bonds is 0. The van der Waals surface area contributed by atoms with Gasteiger partial charge in [0.1, 0.15) is 0 Å². The molecule has 10 heteroatoms. The summed E-state index contributed by atoms with van der Waals surface area (Å²) >= 11 is 0. The molecule has 16 heavy (non-hydrogen) atoms. The highest BCUT2D eigenvalue weighted by Gasteiger charge is 2.90. The van der Waals surface area contributed by atoms with Crippen molar-refractivity contribution in [3.8, 4) is 0 Å². The number of halogens is 10. The molecule has 0 fully saturated rings. The van der Waals surface area contributed by atoms with Gasteiger partial charge < -0.3 is 0 Å². The molecule has 0 heterocycles. The Morgan fingerprint density at radius 1 is 0.688 bits per heavy atom. The highest BCUT2D eigenvalue weighted by Crippen LogP contribution is 2.64. The molecule has 0 radical (unpaired) electrons. The Hall–Kier alpha value is -0.960. The quantitative estimate of drug-likeness (QED) is 0.584. The SMILES string of the molecule is FC1=C(F)C(F)(F)C(F)(C(F)(F)F)C1(F)F. The average molecular weight is 262 g/mol. The van der Waals surface area contributed by atoms with E-state index in [4.69, 9.17) is 0 Å². The van der Waals surface area contributed by atoms with Gasteiger partial charge in [-0.1, -0.05) is 0 Å². The number of allylic oxidation sites excluding steroid dienone is 2. The first-order valence-electron chi connectivity index (χ1n) is 3.39. The molecule has 0 amide bonds. The smallest absolute Gasteiger partial charge is 0.219 e. The summed E-state index contributed by atoms with van der Waals surface area (Å²) in [6.45, 7) is 0. The third-order valence-corrected chi connectivity index (χ3v) is 2.00. The van der Waals surface area contributed by atoms with E-state index in [1.165, 1.54) is 0 Å². The summed E-state index contributed by atoms with van der Waals surface area (Å²) in [5.41, 5.74) is -6.62. The predicted molar refractivity (Wildman–Crippen MR) is 29.0 cm³/mol. The maximum Gasteiger partial charge on any atom is 0.435 e. The molecule has 0 spiro atoms. The second-order valence-electron chi connectivity index (χ2n) is 2.93. The van der Waals surface area contributed by atoms with Gasteiger partial charge in [-0.25, -0.2) is 13.2 Å². The minimum absolute atomic E-state index is 3.75. The van der Waals surface area contributed by atoms with Crippen LogP contribution in [0.5, 0.6) is 0 Å². The van der Waals surface area contributed by atoms with Crippen LogP contribution in [-0.4, -0.2) is 23.7 Å². The number of alkyl halides is 8. The molecule has 1 aliphatic carbocycles. The standard InChI is InChI=1S/C6F10/c7-1-2(8)4(11,12)5(13,3(1,9)10)6(14,15)16. The second-order valence-corrected chi connectivity index (χ2v) is 2.93. The second kappa shape index (κ2) is 2.83. The molecule has 0 aliphatic heterocycles. The summed E-state index contributed by atoms with van der Waals surface area (Å²) in [7, 11) is 0. The number of hydrogen-bond donors (Lipinski definition) is 0. The highest BCUT2D eigenvalue weighted by atomic mass is 19.4. The molecule has 1 rings (SSSR count). The Morgan fingerprint density at radius 3 is 1.06 bits per heavy atom. The Morgan fingerprint density at radius 2 is 0.938 bits per heavy atom. The molecule has 0 atom stereocenters. The van der Waals surface area contributed by atoms with Crippen molar-refractivity contribution in [1.82, 2.24) is 0 Å². The van der Waals surface area contributed by atoms with Crippen molar-refractivity contribution in [3.05, 3.63) is 11.7 Å². The van der Waals surface area contributed by atoms with E-state index in [1.54, 1.807) is 0 Å². The van der Waals surface area contributed by atoms with Crippen LogP contribution in [0.4, 0.5) is 43.9 Å². The van der Waals surface area contributed by atoms with Crippen molar-refractivity contribution in [1.29, 1.82) is 0 Å². The molecule has 0 nitrogen and oxygen atoms in total. The minimum Gasteiger partial charge on any atom is -0.219 e. The third-order valence-electron chi connectivity index (χ3n) is 2.00. The van der Waals surface area contributed by atoms with E-state index in [9.17, 15) is 43.9 Å². The Bertz CT molecular complexity index is 323. The van der Waals surface area contributed by atoms with Gasteiger partial charge in [-0.3, -0.25) is 0 Å². The monoisotopic (exact) mass is 262 g/mol. The maximum atomic E-state index is 12.7. The van der Waals surface area contributed by atoms with E-state index in [2.05, 4.69) is 0 Å². The van der Waals surface area contributed by atoms with Gasteiger partial charge in [-0.05, 0) is 0 Å². The Balaban J connectivity index is 3.56. The van der Waals surface area contributed by atoms with E-state index in [0.717, 1.165) is 0 Å². The van der Waals surface area contributed by atoms with Crippen molar-refractivity contribution in [2.45, 2.75) is 23.7 Å². The van der Waals surface area contributed by atoms with Gasteiger partial charge in [-0.2, -0.15) is 30.7 Å². The van der Waals surface area contributed by atoms with Gasteiger partial charge in [0.05, 0.1) is 0 Å². The molecular weight excluding hydrogens is 262 g/mol. The van der Waals surface area contributed by atoms with Crippen LogP contribution in [0.25, 0.3) is 0 Å². The van der Waals surface area contributed by atoms with Gasteiger partial charge in [-0.15, -0.1) is 0 Å². The van der Waals surface area contributed by atoms with Crippen molar-refractivity contribution in [2.24, 2.45) is 0 Å². The van der Waals surface area contributed by atoms with Crippen LogP contribution < -0.4 is 0 Å². The summed E-state index contributed by atoms with van der Waals surface area (Å²) in [6, 6.07) is 0. The van der Waals surface area contributed by atoms with E-state index >= 15 is 0 Å². The largest absolute Gasteiger partial charge is 0.435 e. The molecule has 0 saturated carbocycles. The van der Waals surface area contributed by atoms with Crippen molar-refractivity contribution < 1.29 is 43.9 Å². The lowest BCUT2D eigenvalue weighted by molar-refractivity contribution is -0.341. The molecule has 0 aromatic heterocycles. The highest BCUT2D eigenvalue weighted by molar-refractivity contribution is 5.37. The normalized spacial score (nSPS) is 27.4. The lowest BCUT2D eigenvalue weighted by Crippen LogP contribution is -2.62. The summed E-state index contributed by atoms with van der Waals surface area (Å²) < 4.78 is 122. The molecule has 0 unspecified atom stereocenters. The van der Waals surface area contributed by atoms with Crippen LogP contribution in [0.2, 0.25) is 0 Å². The van der Waals surface area contributed by atoms with Crippen LogP contribution in [0.1, 0.15) is 0 Å². The summed E-state index contributed by atoms with van der Waals surface area (Å²) in [6.07, 6.45) is -6.84. The van der Waals surface area contributed by atoms with Gasteiger partial charge >= 0.3 is 23.7 Å². The first-order chi connectivity index (χ1) is 6.82. The van der Waals surface area contributed by atoms with Crippen LogP contribution in [0.3, 0.4) is 0 Å². The summed E-state index contributed by atoms with van der Waals surface area (Å²) in [5.74, 6) is -20.1. The lowest BCUT2D eigenvalue weighted by Gasteiger charge is -2.32. The van der Waals surface area contributed by atoms with E-state index < -0.39 is 35.3 Å². The van der Waals surface area contributed by atoms with Crippen LogP contribution in [-0.2, 0) is 0 Å². The van der Waals surface area contributed by atoms with E-state index in [1.807, 2.05) is 0 Å². The van der Waals surface area contributed by atoms with Crippen molar-refractivity contribution in [2.75, 3.05) is 0 Å². The van der Waals surface area contributed by atoms with Crippen LogP contribution >= 0.6 is 0 Å². The zero-order valence-electron chi connectivity index (χ0n) is 6.78. The summed E-state index contributed by atoms with van der Waals surface area (Å²) in [4.78, 5) is 0. The van der Waals surface area contributed by atoms with Gasteiger partial charge in [0.15, 0.2) is 0 Å². The molecule has 0 N–H and O–H groups in total. The predicted octanol–water partition coefficient (Wildman–Crippen LogP) is 3.69. The topological polar surface area (TPSA) is 0 Å². The molecule has 0 aromatic rings. The number of hydrogen-bond acceptors (Lipinski definition) is 0. The zero-order chi connectivity index (χ0) is 13.2. The Labute approximate surface area is 80.5 Å². The fourth-order valence-corrected chi connectivity index (χ4v) is 1.13. The molecule has 0 bridgehead atoms. The first kappa shape index (κ1) is 13.1. The van der Waals surface area contributed by atoms with Gasteiger partial charge in [0, 0.05) is 0 Å². The third kappa shape index (κ3) is 1.07. The van der Waals surface area contributed by atoms with Crippen molar-refractivity contribution >= 4 is 0 Å². The maximum absolute atomic E-state index is 12.7. The van der Waals surface area contributed by atoms with E-state index in [-0.39, 0.29) is 0 Å². The lowest BCUT2D eigenvalue weighted by atomic mass is 9.95. The van der Waals surface area contributed by atoms with Gasteiger partial charge in [0.2, 0.25) is 11.7 Å². The minimum atomic E-state index is -6.84. The average Bonchev–Trinajstić information content (AvgIpc) is 2.18. The molecular formula is C6F10. The molecule has 0 aromatic carbocycles. The zero-order valence-corrected chi connectivity index (χ0v) is 6.78. The van der Waals surface area contributed by atoms with Crippen molar-refractivity contribution in [3.63, 3.8) is 0 Å². The van der Waals surface area contributed by atoms with Crippen LogP contribution in [0.15, 0.2) is 11.7 Å². The molecule has 0 saturated heterocycles. The van der Waals surface area contributed by atoms with Gasteiger partial charge in [0.25, 0.3) is 0 Å². The first-order valence-corrected chi connectivity index (χ1v) is 3.39. The fourth-order valence-electron chi connectivity index (χ4n) is 1.13. The summed E-state index contributed by atoms with van der Waals surface area (Å²) in [5, 5.41) is 0.